The number of para-hydroxylation sites is 2. The summed E-state index contributed by atoms with van der Waals surface area (Å²) in [5.74, 6) is 0.945. The minimum absolute atomic E-state index is 0.0105. The molecule has 4 rings (SSSR count). The lowest BCUT2D eigenvalue weighted by molar-refractivity contribution is -0.115. The molecule has 0 unspecified atom stereocenters. The molecule has 0 radical (unpaired) electrons. The Kier molecular flexibility index (Phi) is 9.32. The first kappa shape index (κ1) is 28.5. The number of nitrogens with one attached hydrogen (secondary N) is 5. The van der Waals surface area contributed by atoms with Crippen LogP contribution in [0.3, 0.4) is 0 Å². The van der Waals surface area contributed by atoms with Crippen LogP contribution >= 0.6 is 0 Å². The van der Waals surface area contributed by atoms with Gasteiger partial charge in [0.15, 0.2) is 11.6 Å². The highest BCUT2D eigenvalue weighted by molar-refractivity contribution is 7.92. The molecule has 1 aromatic heterocycles. The largest absolute Gasteiger partial charge is 0.497 e. The third-order valence-electron chi connectivity index (χ3n) is 5.68. The van der Waals surface area contributed by atoms with E-state index in [1.54, 1.807) is 48.5 Å². The number of fused-ring (bicyclic) bond motifs is 1. The number of benzene rings is 3. The van der Waals surface area contributed by atoms with Crippen molar-refractivity contribution in [1.29, 1.82) is 0 Å². The summed E-state index contributed by atoms with van der Waals surface area (Å²) in [6.07, 6.45) is 0. The van der Waals surface area contributed by atoms with E-state index in [0.717, 1.165) is 0 Å². The number of hydrogen-bond donors (Lipinski definition) is 5. The predicted molar refractivity (Wildman–Crippen MR) is 155 cm³/mol. The van der Waals surface area contributed by atoms with Gasteiger partial charge < -0.3 is 30.7 Å². The van der Waals surface area contributed by atoms with E-state index in [1.807, 2.05) is 13.1 Å². The molecule has 12 nitrogen and oxygen atoms in total. The molecule has 13 heteroatoms. The van der Waals surface area contributed by atoms with E-state index in [9.17, 15) is 13.2 Å². The number of ether oxygens (including phenoxy) is 2. The fourth-order valence-electron chi connectivity index (χ4n) is 3.72. The molecule has 0 aliphatic heterocycles. The predicted octanol–water partition coefficient (Wildman–Crippen LogP) is 2.94. The van der Waals surface area contributed by atoms with Gasteiger partial charge in [-0.3, -0.25) is 9.52 Å². The first-order valence-corrected chi connectivity index (χ1v) is 13.8. The molecule has 0 fully saturated rings. The van der Waals surface area contributed by atoms with Crippen molar-refractivity contribution in [3.8, 4) is 11.5 Å². The zero-order valence-corrected chi connectivity index (χ0v) is 23.1. The number of anilines is 4. The van der Waals surface area contributed by atoms with Crippen LogP contribution in [-0.2, 0) is 14.8 Å². The van der Waals surface area contributed by atoms with Crippen LogP contribution in [0.25, 0.3) is 11.0 Å². The Hall–Kier alpha value is -4.46. The first-order chi connectivity index (χ1) is 19.3. The topological polar surface area (TPSA) is 156 Å². The molecular formula is C27H31N7O5S. The van der Waals surface area contributed by atoms with Crippen molar-refractivity contribution in [1.82, 2.24) is 20.6 Å². The summed E-state index contributed by atoms with van der Waals surface area (Å²) in [4.78, 5) is 21.3. The molecule has 3 aromatic carbocycles. The molecule has 40 heavy (non-hydrogen) atoms. The van der Waals surface area contributed by atoms with E-state index in [4.69, 9.17) is 9.47 Å². The van der Waals surface area contributed by atoms with Crippen LogP contribution in [0.15, 0.2) is 71.6 Å². The van der Waals surface area contributed by atoms with Crippen LogP contribution < -0.4 is 35.5 Å². The van der Waals surface area contributed by atoms with Gasteiger partial charge in [-0.2, -0.15) is 0 Å². The van der Waals surface area contributed by atoms with E-state index in [2.05, 4.69) is 36.0 Å². The van der Waals surface area contributed by atoms with Crippen molar-refractivity contribution >= 4 is 50.0 Å². The van der Waals surface area contributed by atoms with Crippen molar-refractivity contribution in [3.05, 3.63) is 66.7 Å². The normalized spacial score (nSPS) is 11.2. The lowest BCUT2D eigenvalue weighted by Gasteiger charge is -2.15. The second kappa shape index (κ2) is 13.1. The van der Waals surface area contributed by atoms with E-state index in [-0.39, 0.29) is 29.0 Å². The van der Waals surface area contributed by atoms with Gasteiger partial charge in [0.25, 0.3) is 10.0 Å². The Morgan fingerprint density at radius 2 is 1.50 bits per heavy atom. The number of hydrogen-bond acceptors (Lipinski definition) is 10. The highest BCUT2D eigenvalue weighted by atomic mass is 32.2. The number of likely N-dealkylation sites (N-methyl/N-ethyl adjacent to an activating group) is 1. The maximum absolute atomic E-state index is 13.4. The molecule has 210 valence electrons. The Balaban J connectivity index is 1.62. The van der Waals surface area contributed by atoms with Crippen LogP contribution in [-0.4, -0.2) is 65.2 Å². The summed E-state index contributed by atoms with van der Waals surface area (Å²) in [6, 6.07) is 18.2. The number of carbonyl (C=O) groups is 1. The van der Waals surface area contributed by atoms with Crippen molar-refractivity contribution < 1.29 is 22.7 Å². The Morgan fingerprint density at radius 1 is 0.825 bits per heavy atom. The number of carbonyl (C=O) groups excluding carboxylic acids is 1. The molecule has 0 aliphatic rings. The molecule has 4 aromatic rings. The average Bonchev–Trinajstić information content (AvgIpc) is 2.95. The minimum atomic E-state index is -4.12. The van der Waals surface area contributed by atoms with Gasteiger partial charge in [0.05, 0.1) is 36.7 Å². The second-order valence-electron chi connectivity index (χ2n) is 8.60. The zero-order valence-electron chi connectivity index (χ0n) is 22.3. The maximum atomic E-state index is 13.4. The van der Waals surface area contributed by atoms with Crippen molar-refractivity contribution in [2.75, 3.05) is 56.3 Å². The Morgan fingerprint density at radius 3 is 2.15 bits per heavy atom. The van der Waals surface area contributed by atoms with E-state index in [1.165, 1.54) is 26.4 Å². The highest BCUT2D eigenvalue weighted by Gasteiger charge is 2.20. The smallest absolute Gasteiger partial charge is 0.263 e. The van der Waals surface area contributed by atoms with Crippen LogP contribution in [0.1, 0.15) is 0 Å². The van der Waals surface area contributed by atoms with E-state index in [0.29, 0.717) is 47.0 Å². The van der Waals surface area contributed by atoms with Gasteiger partial charge >= 0.3 is 0 Å². The van der Waals surface area contributed by atoms with Gasteiger partial charge in [-0.05, 0) is 37.4 Å². The quantitative estimate of drug-likeness (QED) is 0.153. The highest BCUT2D eigenvalue weighted by Crippen LogP contribution is 2.31. The zero-order chi connectivity index (χ0) is 28.5. The van der Waals surface area contributed by atoms with Crippen LogP contribution in [0.2, 0.25) is 0 Å². The fraction of sp³-hybridized carbons (Fsp3) is 0.222. The number of amides is 1. The minimum Gasteiger partial charge on any atom is -0.497 e. The molecule has 5 N–H and O–H groups in total. The molecule has 0 saturated carbocycles. The third kappa shape index (κ3) is 7.34. The summed E-state index contributed by atoms with van der Waals surface area (Å²) >= 11 is 0. The number of sulfonamides is 1. The summed E-state index contributed by atoms with van der Waals surface area (Å²) in [5, 5.41) is 11.8. The van der Waals surface area contributed by atoms with Crippen molar-refractivity contribution in [3.63, 3.8) is 0 Å². The van der Waals surface area contributed by atoms with Crippen LogP contribution in [0, 0.1) is 0 Å². The fourth-order valence-corrected chi connectivity index (χ4v) is 4.78. The van der Waals surface area contributed by atoms with E-state index >= 15 is 0 Å². The van der Waals surface area contributed by atoms with Crippen molar-refractivity contribution in [2.24, 2.45) is 0 Å². The molecule has 1 amide bonds. The molecular weight excluding hydrogens is 534 g/mol. The van der Waals surface area contributed by atoms with Crippen LogP contribution in [0.5, 0.6) is 11.5 Å². The SMILES string of the molecule is CNCCNCC(=O)Nc1cccc(S(=O)(=O)Nc2nc3ccccc3nc2Nc2cc(OC)cc(OC)c2)c1. The van der Waals surface area contributed by atoms with Crippen molar-refractivity contribution in [2.45, 2.75) is 4.90 Å². The Bertz CT molecular complexity index is 1580. The van der Waals surface area contributed by atoms with Gasteiger partial charge in [-0.25, -0.2) is 18.4 Å². The van der Waals surface area contributed by atoms with Gasteiger partial charge in [-0.1, -0.05) is 18.2 Å². The summed E-state index contributed by atoms with van der Waals surface area (Å²) in [5.41, 5.74) is 1.96. The van der Waals surface area contributed by atoms with Crippen LogP contribution in [0.4, 0.5) is 23.0 Å². The molecule has 0 spiro atoms. The van der Waals surface area contributed by atoms with Gasteiger partial charge in [0.2, 0.25) is 5.91 Å². The Labute approximate surface area is 232 Å². The first-order valence-electron chi connectivity index (χ1n) is 12.4. The van der Waals surface area contributed by atoms with Gasteiger partial charge in [0, 0.05) is 42.7 Å². The molecule has 0 atom stereocenters. The number of nitrogens with zero attached hydrogens (tertiary/aromatic N) is 2. The lowest BCUT2D eigenvalue weighted by Crippen LogP contribution is -2.32. The van der Waals surface area contributed by atoms with Gasteiger partial charge in [0.1, 0.15) is 11.5 Å². The molecule has 0 saturated heterocycles. The molecule has 0 bridgehead atoms. The average molecular weight is 566 g/mol. The molecule has 1 heterocycles. The lowest BCUT2D eigenvalue weighted by atomic mass is 10.2. The summed E-state index contributed by atoms with van der Waals surface area (Å²) in [7, 11) is 0.763. The summed E-state index contributed by atoms with van der Waals surface area (Å²) < 4.78 is 40.1. The number of aromatic nitrogens is 2. The molecule has 0 aliphatic carbocycles. The standard InChI is InChI=1S/C27H31N7O5S/c1-28-11-12-29-17-25(35)30-18-7-6-8-22(15-18)40(36,37)34-27-26(32-23-9-4-5-10-24(23)33-27)31-19-13-20(38-2)16-21(14-19)39-3/h4-10,13-16,28-29H,11-12,17H2,1-3H3,(H,30,35)(H,31,32)(H,33,34). The third-order valence-corrected chi connectivity index (χ3v) is 7.02. The number of rotatable bonds is 13. The van der Waals surface area contributed by atoms with Gasteiger partial charge in [-0.15, -0.1) is 0 Å². The van der Waals surface area contributed by atoms with E-state index < -0.39 is 10.0 Å². The maximum Gasteiger partial charge on any atom is 0.263 e. The second-order valence-corrected chi connectivity index (χ2v) is 10.3. The number of methoxy groups -OCH3 is 2. The summed E-state index contributed by atoms with van der Waals surface area (Å²) in [6.45, 7) is 1.42. The monoisotopic (exact) mass is 565 g/mol.